The molecule has 1 aliphatic rings. The van der Waals surface area contributed by atoms with Crippen molar-refractivity contribution < 1.29 is 14.3 Å². The lowest BCUT2D eigenvalue weighted by Crippen LogP contribution is -2.50. The number of rotatable bonds is 7. The summed E-state index contributed by atoms with van der Waals surface area (Å²) in [4.78, 5) is 30.7. The second kappa shape index (κ2) is 10.1. The van der Waals surface area contributed by atoms with Crippen molar-refractivity contribution in [1.29, 1.82) is 0 Å². The van der Waals surface area contributed by atoms with Crippen LogP contribution < -0.4 is 15.0 Å². The summed E-state index contributed by atoms with van der Waals surface area (Å²) in [6.45, 7) is 5.64. The lowest BCUT2D eigenvalue weighted by atomic mass is 10.2. The summed E-state index contributed by atoms with van der Waals surface area (Å²) in [6, 6.07) is 15.6. The Bertz CT molecular complexity index is 861. The van der Waals surface area contributed by atoms with Gasteiger partial charge in [-0.1, -0.05) is 23.8 Å². The minimum Gasteiger partial charge on any atom is -0.497 e. The average molecular weight is 411 g/mol. The van der Waals surface area contributed by atoms with Crippen LogP contribution in [0.2, 0.25) is 0 Å². The number of piperazine rings is 1. The van der Waals surface area contributed by atoms with Gasteiger partial charge in [-0.25, -0.2) is 0 Å². The topological polar surface area (TPSA) is 65.1 Å². The molecule has 30 heavy (non-hydrogen) atoms. The number of carbonyl (C=O) groups is 2. The van der Waals surface area contributed by atoms with E-state index in [1.165, 1.54) is 4.90 Å². The molecule has 1 aliphatic heterocycles. The highest BCUT2D eigenvalue weighted by atomic mass is 16.5. The summed E-state index contributed by atoms with van der Waals surface area (Å²) in [5.74, 6) is 0.595. The molecule has 160 valence electrons. The van der Waals surface area contributed by atoms with E-state index in [-0.39, 0.29) is 18.4 Å². The average Bonchev–Trinajstić information content (AvgIpc) is 2.75. The van der Waals surface area contributed by atoms with Crippen molar-refractivity contribution in [3.05, 3.63) is 54.1 Å². The third kappa shape index (κ3) is 5.97. The van der Waals surface area contributed by atoms with Crippen LogP contribution in [0, 0.1) is 6.92 Å². The molecule has 3 rings (SSSR count). The van der Waals surface area contributed by atoms with Crippen LogP contribution in [0.5, 0.6) is 5.75 Å². The molecule has 0 bridgehead atoms. The normalized spacial score (nSPS) is 14.3. The van der Waals surface area contributed by atoms with E-state index in [1.54, 1.807) is 14.2 Å². The number of hydrogen-bond donors (Lipinski definition) is 1. The first-order valence-corrected chi connectivity index (χ1v) is 10.2. The fraction of sp³-hybridized carbons (Fsp3) is 0.391. The molecule has 0 spiro atoms. The largest absolute Gasteiger partial charge is 0.497 e. The van der Waals surface area contributed by atoms with Gasteiger partial charge in [0.25, 0.3) is 0 Å². The second-order valence-corrected chi connectivity index (χ2v) is 7.63. The number of methoxy groups -OCH3 is 1. The molecule has 0 saturated carbocycles. The maximum atomic E-state index is 12.6. The van der Waals surface area contributed by atoms with E-state index in [4.69, 9.17) is 4.74 Å². The van der Waals surface area contributed by atoms with Gasteiger partial charge in [0.2, 0.25) is 11.8 Å². The minimum atomic E-state index is -0.197. The Kier molecular flexibility index (Phi) is 7.30. The second-order valence-electron chi connectivity index (χ2n) is 7.63. The van der Waals surface area contributed by atoms with Gasteiger partial charge in [-0.3, -0.25) is 14.5 Å². The number of anilines is 2. The van der Waals surface area contributed by atoms with E-state index in [2.05, 4.69) is 21.2 Å². The van der Waals surface area contributed by atoms with Crippen molar-refractivity contribution >= 4 is 23.2 Å². The zero-order valence-corrected chi connectivity index (χ0v) is 17.9. The number of nitrogens with zero attached hydrogens (tertiary/aromatic N) is 3. The van der Waals surface area contributed by atoms with E-state index >= 15 is 0 Å². The standard InChI is InChI=1S/C23H30N4O3/c1-18-7-9-19(10-8-18)24-22(28)16-25(2)23(29)17-26-11-13-27(14-12-26)20-5-4-6-21(15-20)30-3/h4-10,15H,11-14,16-17H2,1-3H3,(H,24,28). The van der Waals surface area contributed by atoms with E-state index in [0.717, 1.165) is 48.9 Å². The van der Waals surface area contributed by atoms with Crippen LogP contribution in [-0.2, 0) is 9.59 Å². The summed E-state index contributed by atoms with van der Waals surface area (Å²) >= 11 is 0. The number of carbonyl (C=O) groups excluding carboxylic acids is 2. The van der Waals surface area contributed by atoms with Crippen molar-refractivity contribution in [2.45, 2.75) is 6.92 Å². The zero-order chi connectivity index (χ0) is 21.5. The van der Waals surface area contributed by atoms with Gasteiger partial charge < -0.3 is 19.9 Å². The molecule has 7 heteroatoms. The Balaban J connectivity index is 1.43. The lowest BCUT2D eigenvalue weighted by Gasteiger charge is -2.36. The van der Waals surface area contributed by atoms with Crippen LogP contribution in [0.4, 0.5) is 11.4 Å². The first-order chi connectivity index (χ1) is 14.4. The smallest absolute Gasteiger partial charge is 0.243 e. The Hall–Kier alpha value is -3.06. The number of likely N-dealkylation sites (N-methyl/N-ethyl adjacent to an activating group) is 1. The molecule has 0 aromatic heterocycles. The van der Waals surface area contributed by atoms with Gasteiger partial charge >= 0.3 is 0 Å². The monoisotopic (exact) mass is 410 g/mol. The molecule has 1 saturated heterocycles. The first-order valence-electron chi connectivity index (χ1n) is 10.2. The van der Waals surface area contributed by atoms with Crippen LogP contribution in [0.1, 0.15) is 5.56 Å². The van der Waals surface area contributed by atoms with Gasteiger partial charge in [0.1, 0.15) is 5.75 Å². The number of aryl methyl sites for hydroxylation is 1. The van der Waals surface area contributed by atoms with Crippen LogP contribution in [0.3, 0.4) is 0 Å². The number of nitrogens with one attached hydrogen (secondary N) is 1. The van der Waals surface area contributed by atoms with E-state index in [1.807, 2.05) is 49.4 Å². The first kappa shape index (κ1) is 21.6. The maximum absolute atomic E-state index is 12.6. The molecule has 0 unspecified atom stereocenters. The number of hydrogen-bond acceptors (Lipinski definition) is 5. The number of benzene rings is 2. The molecular formula is C23H30N4O3. The minimum absolute atomic E-state index is 0.0382. The van der Waals surface area contributed by atoms with Gasteiger partial charge in [0, 0.05) is 50.7 Å². The number of ether oxygens (including phenoxy) is 1. The van der Waals surface area contributed by atoms with Gasteiger partial charge in [-0.15, -0.1) is 0 Å². The number of amides is 2. The summed E-state index contributed by atoms with van der Waals surface area (Å²) in [5.41, 5.74) is 3.00. The Morgan fingerprint density at radius 2 is 1.77 bits per heavy atom. The molecular weight excluding hydrogens is 380 g/mol. The van der Waals surface area contributed by atoms with Gasteiger partial charge in [-0.2, -0.15) is 0 Å². The molecule has 1 N–H and O–H groups in total. The highest BCUT2D eigenvalue weighted by molar-refractivity contribution is 5.94. The van der Waals surface area contributed by atoms with Crippen molar-refractivity contribution in [3.8, 4) is 5.75 Å². The predicted octanol–water partition coefficient (Wildman–Crippen LogP) is 2.22. The Morgan fingerprint density at radius 3 is 2.43 bits per heavy atom. The predicted molar refractivity (Wildman–Crippen MR) is 119 cm³/mol. The summed E-state index contributed by atoms with van der Waals surface area (Å²) in [6.07, 6.45) is 0. The summed E-state index contributed by atoms with van der Waals surface area (Å²) < 4.78 is 5.30. The molecule has 1 heterocycles. The van der Waals surface area contributed by atoms with Crippen LogP contribution in [0.15, 0.2) is 48.5 Å². The maximum Gasteiger partial charge on any atom is 0.243 e. The van der Waals surface area contributed by atoms with Crippen molar-refractivity contribution in [3.63, 3.8) is 0 Å². The van der Waals surface area contributed by atoms with Crippen LogP contribution >= 0.6 is 0 Å². The molecule has 0 aliphatic carbocycles. The Morgan fingerprint density at radius 1 is 1.07 bits per heavy atom. The van der Waals surface area contributed by atoms with Crippen LogP contribution in [-0.4, -0.2) is 75.0 Å². The van der Waals surface area contributed by atoms with E-state index < -0.39 is 0 Å². The lowest BCUT2D eigenvalue weighted by molar-refractivity contribution is -0.134. The molecule has 0 atom stereocenters. The highest BCUT2D eigenvalue weighted by Crippen LogP contribution is 2.22. The molecule has 2 aromatic rings. The van der Waals surface area contributed by atoms with Gasteiger partial charge in [0.05, 0.1) is 20.2 Å². The van der Waals surface area contributed by atoms with Crippen molar-refractivity contribution in [2.24, 2.45) is 0 Å². The molecule has 2 amide bonds. The summed E-state index contributed by atoms with van der Waals surface area (Å²) in [5, 5.41) is 2.83. The van der Waals surface area contributed by atoms with Crippen molar-refractivity contribution in [1.82, 2.24) is 9.80 Å². The van der Waals surface area contributed by atoms with Crippen LogP contribution in [0.25, 0.3) is 0 Å². The molecule has 2 aromatic carbocycles. The van der Waals surface area contributed by atoms with Gasteiger partial charge in [0.15, 0.2) is 0 Å². The highest BCUT2D eigenvalue weighted by Gasteiger charge is 2.21. The molecule has 7 nitrogen and oxygen atoms in total. The SMILES string of the molecule is COc1cccc(N2CCN(CC(=O)N(C)CC(=O)Nc3ccc(C)cc3)CC2)c1. The Labute approximate surface area is 178 Å². The van der Waals surface area contributed by atoms with Crippen molar-refractivity contribution in [2.75, 3.05) is 63.6 Å². The third-order valence-electron chi connectivity index (χ3n) is 5.29. The summed E-state index contributed by atoms with van der Waals surface area (Å²) in [7, 11) is 3.34. The third-order valence-corrected chi connectivity index (χ3v) is 5.29. The van der Waals surface area contributed by atoms with E-state index in [0.29, 0.717) is 6.54 Å². The van der Waals surface area contributed by atoms with Gasteiger partial charge in [-0.05, 0) is 31.2 Å². The molecule has 1 fully saturated rings. The molecule has 0 radical (unpaired) electrons. The zero-order valence-electron chi connectivity index (χ0n) is 17.9. The fourth-order valence-corrected chi connectivity index (χ4v) is 3.42. The van der Waals surface area contributed by atoms with E-state index in [9.17, 15) is 9.59 Å². The fourth-order valence-electron chi connectivity index (χ4n) is 3.42. The quantitative estimate of drug-likeness (QED) is 0.758.